The van der Waals surface area contributed by atoms with Gasteiger partial charge in [0.15, 0.2) is 25.0 Å². The molecule has 146 valence electrons. The van der Waals surface area contributed by atoms with Crippen LogP contribution in [0.2, 0.25) is 65.0 Å². The number of aromatic nitrogens is 2. The maximum atomic E-state index is 6.71. The molecule has 5 nitrogen and oxygen atoms in total. The molecular weight excluding hydrogens is 381 g/mol. The van der Waals surface area contributed by atoms with Crippen LogP contribution in [0.25, 0.3) is 0 Å². The zero-order valence-electron chi connectivity index (χ0n) is 17.9. The van der Waals surface area contributed by atoms with Crippen molar-refractivity contribution in [1.29, 1.82) is 0 Å². The predicted octanol–water partition coefficient (Wildman–Crippen LogP) is 4.27. The van der Waals surface area contributed by atoms with Crippen molar-refractivity contribution in [1.82, 2.24) is 4.98 Å². The number of imidazole rings is 1. The van der Waals surface area contributed by atoms with Crippen LogP contribution in [0.4, 0.5) is 0 Å². The van der Waals surface area contributed by atoms with Crippen molar-refractivity contribution in [2.75, 3.05) is 0 Å². The molecule has 0 aliphatic carbocycles. The van der Waals surface area contributed by atoms with E-state index < -0.39 is 33.8 Å². The van der Waals surface area contributed by atoms with Gasteiger partial charge in [0.1, 0.15) is 12.4 Å². The standard InChI is InChI=1S/C16H38N2O3Si4/c1-18-14-13-17-16(18)12-11-15-25(19-22(2,3)4,20-23(5,6)7)21-24(8,9)10/h13-14H,11-12,15H2,1-10H3/p+1. The number of nitrogens with zero attached hydrogens (tertiary/aromatic N) is 1. The summed E-state index contributed by atoms with van der Waals surface area (Å²) in [6.07, 6.45) is 6.03. The van der Waals surface area contributed by atoms with E-state index >= 15 is 0 Å². The fourth-order valence-electron chi connectivity index (χ4n) is 2.77. The Morgan fingerprint density at radius 2 is 1.28 bits per heavy atom. The molecule has 1 N–H and O–H groups in total. The van der Waals surface area contributed by atoms with E-state index in [4.69, 9.17) is 12.3 Å². The largest absolute Gasteiger partial charge is 0.469 e. The van der Waals surface area contributed by atoms with Gasteiger partial charge < -0.3 is 12.3 Å². The molecule has 0 atom stereocenters. The Balaban J connectivity index is 3.01. The third-order valence-electron chi connectivity index (χ3n) is 3.26. The van der Waals surface area contributed by atoms with Gasteiger partial charge in [-0.25, -0.2) is 9.55 Å². The second-order valence-corrected chi connectivity index (χ2v) is 26.7. The van der Waals surface area contributed by atoms with Crippen molar-refractivity contribution < 1.29 is 16.9 Å². The van der Waals surface area contributed by atoms with E-state index in [1.54, 1.807) is 0 Å². The Kier molecular flexibility index (Phi) is 7.65. The zero-order valence-corrected chi connectivity index (χ0v) is 21.9. The van der Waals surface area contributed by atoms with Crippen molar-refractivity contribution in [2.45, 2.75) is 77.8 Å². The highest BCUT2D eigenvalue weighted by atomic mass is 28.5. The van der Waals surface area contributed by atoms with Gasteiger partial charge in [0.2, 0.25) is 0 Å². The van der Waals surface area contributed by atoms with E-state index in [9.17, 15) is 0 Å². The number of H-pyrrole nitrogens is 1. The molecule has 1 heterocycles. The van der Waals surface area contributed by atoms with Gasteiger partial charge in [-0.05, 0) is 65.3 Å². The van der Waals surface area contributed by atoms with Crippen LogP contribution in [0, 0.1) is 0 Å². The minimum Gasteiger partial charge on any atom is -0.417 e. The normalized spacial score (nSPS) is 14.2. The predicted molar refractivity (Wildman–Crippen MR) is 114 cm³/mol. The SMILES string of the molecule is C[n+]1cc[nH]c1CCC[Si](O[Si](C)(C)C)(O[Si](C)(C)C)O[Si](C)(C)C. The summed E-state index contributed by atoms with van der Waals surface area (Å²) in [5.41, 5.74) is 0. The molecule has 0 amide bonds. The van der Waals surface area contributed by atoms with Crippen molar-refractivity contribution >= 4 is 33.8 Å². The quantitative estimate of drug-likeness (QED) is 0.455. The smallest absolute Gasteiger partial charge is 0.417 e. The van der Waals surface area contributed by atoms with Gasteiger partial charge in [-0.3, -0.25) is 0 Å². The fourth-order valence-corrected chi connectivity index (χ4v) is 17.4. The summed E-state index contributed by atoms with van der Waals surface area (Å²) in [6, 6.07) is 0.894. The molecule has 0 aliphatic rings. The first kappa shape index (κ1) is 23.0. The molecule has 0 aliphatic heterocycles. The molecule has 0 bridgehead atoms. The third-order valence-corrected chi connectivity index (χ3v) is 15.3. The molecule has 0 unspecified atom stereocenters. The van der Waals surface area contributed by atoms with E-state index in [0.29, 0.717) is 0 Å². The van der Waals surface area contributed by atoms with Crippen LogP contribution in [0.1, 0.15) is 12.2 Å². The Hall–Kier alpha value is -0.0425. The average molecular weight is 420 g/mol. The summed E-state index contributed by atoms with van der Waals surface area (Å²) in [5.74, 6) is 1.23. The van der Waals surface area contributed by atoms with Gasteiger partial charge in [0.05, 0.1) is 7.05 Å². The van der Waals surface area contributed by atoms with Crippen LogP contribution in [-0.2, 0) is 25.8 Å². The number of aryl methyl sites for hydroxylation is 2. The maximum Gasteiger partial charge on any atom is 0.469 e. The number of aromatic amines is 1. The fraction of sp³-hybridized carbons (Fsp3) is 0.812. The van der Waals surface area contributed by atoms with E-state index in [2.05, 4.69) is 81.7 Å². The van der Waals surface area contributed by atoms with Crippen molar-refractivity contribution in [3.63, 3.8) is 0 Å². The maximum absolute atomic E-state index is 6.71. The summed E-state index contributed by atoms with van der Waals surface area (Å²) in [5, 5.41) is 0. The third kappa shape index (κ3) is 9.45. The lowest BCUT2D eigenvalue weighted by Gasteiger charge is -2.42. The molecule has 0 aromatic carbocycles. The lowest BCUT2D eigenvalue weighted by molar-refractivity contribution is -0.677. The monoisotopic (exact) mass is 419 g/mol. The molecule has 9 heteroatoms. The highest BCUT2D eigenvalue weighted by Gasteiger charge is 2.49. The van der Waals surface area contributed by atoms with E-state index in [0.717, 1.165) is 18.9 Å². The summed E-state index contributed by atoms with van der Waals surface area (Å²) in [6.45, 7) is 20.1. The minimum atomic E-state index is -2.69. The van der Waals surface area contributed by atoms with Crippen LogP contribution in [0.3, 0.4) is 0 Å². The van der Waals surface area contributed by atoms with E-state index in [-0.39, 0.29) is 0 Å². The second kappa shape index (κ2) is 8.32. The Bertz CT molecular complexity index is 504. The first-order chi connectivity index (χ1) is 11.1. The molecule has 25 heavy (non-hydrogen) atoms. The molecule has 0 saturated heterocycles. The Labute approximate surface area is 158 Å². The van der Waals surface area contributed by atoms with Crippen LogP contribution in [0.5, 0.6) is 0 Å². The number of rotatable bonds is 10. The van der Waals surface area contributed by atoms with Crippen molar-refractivity contribution in [3.05, 3.63) is 18.2 Å². The van der Waals surface area contributed by atoms with Crippen molar-refractivity contribution in [2.24, 2.45) is 7.05 Å². The average Bonchev–Trinajstić information content (AvgIpc) is 2.67. The first-order valence-corrected chi connectivity index (χ1v) is 21.4. The van der Waals surface area contributed by atoms with Gasteiger partial charge >= 0.3 is 8.80 Å². The molecule has 0 spiro atoms. The summed E-state index contributed by atoms with van der Waals surface area (Å²) >= 11 is 0. The topological polar surface area (TPSA) is 47.4 Å². The summed E-state index contributed by atoms with van der Waals surface area (Å²) < 4.78 is 22.3. The molecule has 0 saturated carbocycles. The summed E-state index contributed by atoms with van der Waals surface area (Å²) in [4.78, 5) is 3.32. The van der Waals surface area contributed by atoms with Gasteiger partial charge in [-0.15, -0.1) is 0 Å². The van der Waals surface area contributed by atoms with E-state index in [1.165, 1.54) is 5.82 Å². The van der Waals surface area contributed by atoms with Crippen LogP contribution in [-0.4, -0.2) is 38.7 Å². The lowest BCUT2D eigenvalue weighted by Crippen LogP contribution is -2.60. The van der Waals surface area contributed by atoms with Crippen LogP contribution >= 0.6 is 0 Å². The van der Waals surface area contributed by atoms with E-state index in [1.807, 2.05) is 6.20 Å². The first-order valence-electron chi connectivity index (χ1n) is 9.23. The molecule has 0 fully saturated rings. The van der Waals surface area contributed by atoms with Crippen LogP contribution < -0.4 is 4.57 Å². The van der Waals surface area contributed by atoms with Crippen molar-refractivity contribution in [3.8, 4) is 0 Å². The molecule has 0 radical (unpaired) electrons. The summed E-state index contributed by atoms with van der Waals surface area (Å²) in [7, 11) is -5.94. The second-order valence-electron chi connectivity index (χ2n) is 9.70. The molecule has 1 aromatic heterocycles. The van der Waals surface area contributed by atoms with Crippen LogP contribution in [0.15, 0.2) is 12.4 Å². The highest BCUT2D eigenvalue weighted by molar-refractivity contribution is 6.90. The lowest BCUT2D eigenvalue weighted by atomic mass is 10.3. The van der Waals surface area contributed by atoms with Gasteiger partial charge in [0.25, 0.3) is 5.82 Å². The molecule has 1 aromatic rings. The Morgan fingerprint density at radius 3 is 1.60 bits per heavy atom. The number of hydrogen-bond donors (Lipinski definition) is 1. The molecular formula is C16H39N2O3Si4+. The van der Waals surface area contributed by atoms with Gasteiger partial charge in [-0.2, -0.15) is 0 Å². The zero-order chi connectivity index (χ0) is 19.5. The number of nitrogens with one attached hydrogen (secondary N) is 1. The molecule has 1 rings (SSSR count). The number of hydrogen-bond acceptors (Lipinski definition) is 3. The highest BCUT2D eigenvalue weighted by Crippen LogP contribution is 2.30. The van der Waals surface area contributed by atoms with Gasteiger partial charge in [0, 0.05) is 12.5 Å². The minimum absolute atomic E-state index is 0.894. The Morgan fingerprint density at radius 1 is 0.840 bits per heavy atom. The van der Waals surface area contributed by atoms with Gasteiger partial charge in [-0.1, -0.05) is 0 Å².